The maximum absolute atomic E-state index is 9.96. The summed E-state index contributed by atoms with van der Waals surface area (Å²) in [5.41, 5.74) is 2.29. The highest BCUT2D eigenvalue weighted by Gasteiger charge is 2.24. The third-order valence-corrected chi connectivity index (χ3v) is 4.72. The van der Waals surface area contributed by atoms with Gasteiger partial charge in [-0.3, -0.25) is 4.90 Å². The van der Waals surface area contributed by atoms with Gasteiger partial charge in [-0.2, -0.15) is 4.80 Å². The highest BCUT2D eigenvalue weighted by molar-refractivity contribution is 5.54. The Morgan fingerprint density at radius 3 is 2.48 bits per heavy atom. The Labute approximate surface area is 137 Å². The highest BCUT2D eigenvalue weighted by atomic mass is 16.3. The van der Waals surface area contributed by atoms with E-state index in [1.54, 1.807) is 7.05 Å². The second-order valence-corrected chi connectivity index (χ2v) is 6.39. The molecule has 1 saturated heterocycles. The summed E-state index contributed by atoms with van der Waals surface area (Å²) < 4.78 is 0. The lowest BCUT2D eigenvalue weighted by Gasteiger charge is -2.34. The van der Waals surface area contributed by atoms with Crippen LogP contribution in [0.25, 0.3) is 11.4 Å². The molecule has 0 radical (unpaired) electrons. The van der Waals surface area contributed by atoms with Crippen molar-refractivity contribution in [2.45, 2.75) is 38.8 Å². The second-order valence-electron chi connectivity index (χ2n) is 6.39. The molecule has 0 aliphatic carbocycles. The molecule has 2 heterocycles. The van der Waals surface area contributed by atoms with Crippen molar-refractivity contribution in [3.05, 3.63) is 29.8 Å². The summed E-state index contributed by atoms with van der Waals surface area (Å²) in [6, 6.07) is 8.39. The first kappa shape index (κ1) is 16.1. The largest absolute Gasteiger partial charge is 0.393 e. The van der Waals surface area contributed by atoms with Gasteiger partial charge in [0, 0.05) is 12.1 Å². The highest BCUT2D eigenvalue weighted by Crippen LogP contribution is 2.24. The van der Waals surface area contributed by atoms with Gasteiger partial charge in [0.2, 0.25) is 5.82 Å². The molecule has 1 atom stereocenters. The maximum Gasteiger partial charge on any atom is 0.204 e. The molecular weight excluding hydrogens is 290 g/mol. The predicted octanol–water partition coefficient (Wildman–Crippen LogP) is 1.86. The van der Waals surface area contributed by atoms with Gasteiger partial charge in [-0.05, 0) is 49.0 Å². The molecule has 1 fully saturated rings. The van der Waals surface area contributed by atoms with Gasteiger partial charge >= 0.3 is 0 Å². The Kier molecular flexibility index (Phi) is 5.03. The standard InChI is InChI=1S/C17H25N5O/c1-3-16(23)14-8-10-22(11-9-14)12-13-4-6-15(7-5-13)17-18-20-21(2)19-17/h4-7,14,16,23H,3,8-12H2,1-2H3. The van der Waals surface area contributed by atoms with Crippen molar-refractivity contribution in [2.24, 2.45) is 13.0 Å². The SMILES string of the molecule is CCC(O)C1CCN(Cc2ccc(-c3nnn(C)n3)cc2)CC1. The Morgan fingerprint density at radius 2 is 1.91 bits per heavy atom. The lowest BCUT2D eigenvalue weighted by Crippen LogP contribution is -2.37. The summed E-state index contributed by atoms with van der Waals surface area (Å²) in [7, 11) is 1.77. The number of rotatable bonds is 5. The van der Waals surface area contributed by atoms with Crippen molar-refractivity contribution < 1.29 is 5.11 Å². The molecular formula is C17H25N5O. The average Bonchev–Trinajstić information content (AvgIpc) is 3.02. The minimum Gasteiger partial charge on any atom is -0.393 e. The molecule has 1 unspecified atom stereocenters. The van der Waals surface area contributed by atoms with Crippen molar-refractivity contribution in [3.63, 3.8) is 0 Å². The zero-order valence-corrected chi connectivity index (χ0v) is 13.9. The Bertz CT molecular complexity index is 616. The summed E-state index contributed by atoms with van der Waals surface area (Å²) in [5, 5.41) is 22.1. The van der Waals surface area contributed by atoms with Crippen molar-refractivity contribution in [1.29, 1.82) is 0 Å². The number of hydrogen-bond acceptors (Lipinski definition) is 5. The number of aromatic nitrogens is 4. The van der Waals surface area contributed by atoms with Crippen LogP contribution in [0, 0.1) is 5.92 Å². The number of hydrogen-bond donors (Lipinski definition) is 1. The Balaban J connectivity index is 1.55. The van der Waals surface area contributed by atoms with Crippen LogP contribution in [0.3, 0.4) is 0 Å². The van der Waals surface area contributed by atoms with Crippen LogP contribution in [0.4, 0.5) is 0 Å². The second kappa shape index (κ2) is 7.19. The summed E-state index contributed by atoms with van der Waals surface area (Å²) in [6.07, 6.45) is 2.92. The molecule has 0 spiro atoms. The fourth-order valence-electron chi connectivity index (χ4n) is 3.25. The molecule has 1 aliphatic heterocycles. The van der Waals surface area contributed by atoms with Crippen molar-refractivity contribution >= 4 is 0 Å². The molecule has 3 rings (SSSR count). The molecule has 6 nitrogen and oxygen atoms in total. The molecule has 2 aromatic rings. The van der Waals surface area contributed by atoms with Crippen LogP contribution in [0.5, 0.6) is 0 Å². The number of aliphatic hydroxyl groups is 1. The van der Waals surface area contributed by atoms with E-state index >= 15 is 0 Å². The molecule has 124 valence electrons. The van der Waals surface area contributed by atoms with Gasteiger partial charge in [-0.1, -0.05) is 31.2 Å². The minimum absolute atomic E-state index is 0.129. The van der Waals surface area contributed by atoms with Crippen molar-refractivity contribution in [2.75, 3.05) is 13.1 Å². The van der Waals surface area contributed by atoms with E-state index < -0.39 is 0 Å². The van der Waals surface area contributed by atoms with Crippen LogP contribution >= 0.6 is 0 Å². The zero-order chi connectivity index (χ0) is 16.2. The summed E-state index contributed by atoms with van der Waals surface area (Å²) in [5.74, 6) is 1.13. The number of aryl methyl sites for hydroxylation is 1. The van der Waals surface area contributed by atoms with Crippen LogP contribution in [0.15, 0.2) is 24.3 Å². The molecule has 23 heavy (non-hydrogen) atoms. The number of benzene rings is 1. The van der Waals surface area contributed by atoms with Gasteiger partial charge in [0.25, 0.3) is 0 Å². The lowest BCUT2D eigenvalue weighted by molar-refractivity contribution is 0.0550. The van der Waals surface area contributed by atoms with Gasteiger partial charge in [0.05, 0.1) is 13.2 Å². The molecule has 0 saturated carbocycles. The van der Waals surface area contributed by atoms with E-state index in [4.69, 9.17) is 0 Å². The molecule has 1 aromatic heterocycles. The topological polar surface area (TPSA) is 67.1 Å². The van der Waals surface area contributed by atoms with E-state index in [0.717, 1.165) is 44.5 Å². The fraction of sp³-hybridized carbons (Fsp3) is 0.588. The molecule has 0 amide bonds. The summed E-state index contributed by atoms with van der Waals surface area (Å²) >= 11 is 0. The molecule has 0 bridgehead atoms. The Morgan fingerprint density at radius 1 is 1.22 bits per heavy atom. The van der Waals surface area contributed by atoms with Crippen LogP contribution in [-0.2, 0) is 13.6 Å². The van der Waals surface area contributed by atoms with E-state index in [0.29, 0.717) is 11.7 Å². The van der Waals surface area contributed by atoms with E-state index in [9.17, 15) is 5.11 Å². The van der Waals surface area contributed by atoms with E-state index in [1.807, 2.05) is 0 Å². The van der Waals surface area contributed by atoms with E-state index in [2.05, 4.69) is 51.5 Å². The van der Waals surface area contributed by atoms with Gasteiger partial charge in [-0.25, -0.2) is 0 Å². The maximum atomic E-state index is 9.96. The van der Waals surface area contributed by atoms with Crippen molar-refractivity contribution in [1.82, 2.24) is 25.1 Å². The average molecular weight is 315 g/mol. The fourth-order valence-corrected chi connectivity index (χ4v) is 3.25. The summed E-state index contributed by atoms with van der Waals surface area (Å²) in [4.78, 5) is 3.94. The molecule has 1 aliphatic rings. The number of piperidine rings is 1. The summed E-state index contributed by atoms with van der Waals surface area (Å²) in [6.45, 7) is 5.15. The lowest BCUT2D eigenvalue weighted by atomic mass is 9.90. The smallest absolute Gasteiger partial charge is 0.204 e. The number of nitrogens with zero attached hydrogens (tertiary/aromatic N) is 5. The van der Waals surface area contributed by atoms with Gasteiger partial charge in [0.1, 0.15) is 0 Å². The van der Waals surface area contributed by atoms with Gasteiger partial charge in [0.15, 0.2) is 0 Å². The first-order valence-electron chi connectivity index (χ1n) is 8.39. The normalized spacial score (nSPS) is 18.2. The third kappa shape index (κ3) is 3.95. The van der Waals surface area contributed by atoms with Gasteiger partial charge < -0.3 is 5.11 Å². The zero-order valence-electron chi connectivity index (χ0n) is 13.9. The van der Waals surface area contributed by atoms with Crippen LogP contribution in [0.2, 0.25) is 0 Å². The monoisotopic (exact) mass is 315 g/mol. The number of likely N-dealkylation sites (tertiary alicyclic amines) is 1. The van der Waals surface area contributed by atoms with E-state index in [1.165, 1.54) is 10.4 Å². The van der Waals surface area contributed by atoms with Crippen LogP contribution < -0.4 is 0 Å². The van der Waals surface area contributed by atoms with Crippen molar-refractivity contribution in [3.8, 4) is 11.4 Å². The first-order valence-corrected chi connectivity index (χ1v) is 8.39. The Hall–Kier alpha value is -1.79. The number of tetrazole rings is 1. The van der Waals surface area contributed by atoms with Gasteiger partial charge in [-0.15, -0.1) is 10.2 Å². The molecule has 1 aromatic carbocycles. The number of aliphatic hydroxyl groups excluding tert-OH is 1. The molecule has 6 heteroatoms. The first-order chi connectivity index (χ1) is 11.2. The van der Waals surface area contributed by atoms with Crippen LogP contribution in [-0.4, -0.2) is 49.4 Å². The predicted molar refractivity (Wildman–Crippen MR) is 88.5 cm³/mol. The molecule has 1 N–H and O–H groups in total. The van der Waals surface area contributed by atoms with E-state index in [-0.39, 0.29) is 6.10 Å². The quantitative estimate of drug-likeness (QED) is 0.912. The third-order valence-electron chi connectivity index (χ3n) is 4.72. The minimum atomic E-state index is -0.129. The van der Waals surface area contributed by atoms with Crippen LogP contribution in [0.1, 0.15) is 31.7 Å².